The molecule has 0 saturated carbocycles. The molecule has 8 nitrogen and oxygen atoms in total. The molecule has 1 N–H and O–H groups in total. The number of carbonyl (C=O) groups is 2. The van der Waals surface area contributed by atoms with Gasteiger partial charge in [0.25, 0.3) is 5.69 Å². The number of benzene rings is 2. The second-order valence-electron chi connectivity index (χ2n) is 6.59. The third kappa shape index (κ3) is 4.34. The Morgan fingerprint density at radius 1 is 1.04 bits per heavy atom. The van der Waals surface area contributed by atoms with Crippen molar-refractivity contribution >= 4 is 23.1 Å². The van der Waals surface area contributed by atoms with Crippen molar-refractivity contribution in [1.82, 2.24) is 10.2 Å². The van der Waals surface area contributed by atoms with Gasteiger partial charge in [-0.25, -0.2) is 0 Å². The van der Waals surface area contributed by atoms with Crippen molar-refractivity contribution in [3.8, 4) is 0 Å². The van der Waals surface area contributed by atoms with E-state index in [1.807, 2.05) is 15.9 Å². The fourth-order valence-corrected chi connectivity index (χ4v) is 3.26. The van der Waals surface area contributed by atoms with Crippen molar-refractivity contribution in [2.24, 2.45) is 0 Å². The van der Waals surface area contributed by atoms with Crippen LogP contribution in [0.15, 0.2) is 48.5 Å². The first-order valence-corrected chi connectivity index (χ1v) is 9.05. The van der Waals surface area contributed by atoms with Gasteiger partial charge in [0, 0.05) is 50.4 Å². The average Bonchev–Trinajstić information content (AvgIpc) is 2.74. The normalized spacial score (nSPS) is 14.5. The molecule has 0 atom stereocenters. The highest BCUT2D eigenvalue weighted by Gasteiger charge is 2.26. The molecule has 1 fully saturated rings. The Morgan fingerprint density at radius 3 is 2.32 bits per heavy atom. The summed E-state index contributed by atoms with van der Waals surface area (Å²) in [6.45, 7) is 2.73. The standard InChI is InChI=1S/C20H22N4O4/c1-21-19(25)14-22-9-11-23(12-10-22)17-8-7-16(13-18(17)24(27)28)20(26)15-5-3-2-4-6-15/h2-8,13H,9-12,14H2,1H3,(H,21,25). The predicted molar refractivity (Wildman–Crippen MR) is 106 cm³/mol. The number of carbonyl (C=O) groups excluding carboxylic acids is 2. The van der Waals surface area contributed by atoms with Crippen LogP contribution in [0.5, 0.6) is 0 Å². The van der Waals surface area contributed by atoms with Gasteiger partial charge >= 0.3 is 0 Å². The Hall–Kier alpha value is -3.26. The van der Waals surface area contributed by atoms with E-state index in [-0.39, 0.29) is 17.4 Å². The van der Waals surface area contributed by atoms with Crippen molar-refractivity contribution in [3.05, 3.63) is 69.8 Å². The van der Waals surface area contributed by atoms with E-state index in [1.54, 1.807) is 43.4 Å². The summed E-state index contributed by atoms with van der Waals surface area (Å²) in [6, 6.07) is 13.3. The molecule has 2 aromatic rings. The first-order valence-electron chi connectivity index (χ1n) is 9.05. The fourth-order valence-electron chi connectivity index (χ4n) is 3.26. The summed E-state index contributed by atoms with van der Waals surface area (Å²) in [7, 11) is 1.60. The summed E-state index contributed by atoms with van der Waals surface area (Å²) in [5.74, 6) is -0.297. The van der Waals surface area contributed by atoms with Crippen molar-refractivity contribution in [3.63, 3.8) is 0 Å². The monoisotopic (exact) mass is 382 g/mol. The van der Waals surface area contributed by atoms with Gasteiger partial charge in [-0.05, 0) is 12.1 Å². The highest BCUT2D eigenvalue weighted by molar-refractivity contribution is 6.09. The number of nitrogens with one attached hydrogen (secondary N) is 1. The van der Waals surface area contributed by atoms with Crippen LogP contribution in [0.2, 0.25) is 0 Å². The Balaban J connectivity index is 1.78. The minimum absolute atomic E-state index is 0.0526. The highest BCUT2D eigenvalue weighted by Crippen LogP contribution is 2.30. The van der Waals surface area contributed by atoms with Crippen molar-refractivity contribution < 1.29 is 14.5 Å². The third-order valence-electron chi connectivity index (χ3n) is 4.83. The van der Waals surface area contributed by atoms with E-state index >= 15 is 0 Å². The Bertz CT molecular complexity index is 877. The molecule has 0 aliphatic carbocycles. The molecule has 0 bridgehead atoms. The van der Waals surface area contributed by atoms with Crippen LogP contribution in [0.1, 0.15) is 15.9 Å². The molecule has 1 aliphatic rings. The zero-order chi connectivity index (χ0) is 20.1. The first-order chi connectivity index (χ1) is 13.5. The van der Waals surface area contributed by atoms with Gasteiger partial charge in [-0.15, -0.1) is 0 Å². The van der Waals surface area contributed by atoms with E-state index in [2.05, 4.69) is 5.32 Å². The predicted octanol–water partition coefficient (Wildman–Crippen LogP) is 1.69. The summed E-state index contributed by atoms with van der Waals surface area (Å²) in [4.78, 5) is 39.2. The van der Waals surface area contributed by atoms with Crippen LogP contribution in [-0.2, 0) is 4.79 Å². The Kier molecular flexibility index (Phi) is 6.00. The van der Waals surface area contributed by atoms with E-state index in [4.69, 9.17) is 0 Å². The van der Waals surface area contributed by atoms with Crippen LogP contribution >= 0.6 is 0 Å². The van der Waals surface area contributed by atoms with Crippen LogP contribution in [-0.4, -0.2) is 61.3 Å². The SMILES string of the molecule is CNC(=O)CN1CCN(c2ccc(C(=O)c3ccccc3)cc2[N+](=O)[O-])CC1. The van der Waals surface area contributed by atoms with Gasteiger partial charge in [0.2, 0.25) is 5.91 Å². The number of amides is 1. The molecule has 3 rings (SSSR count). The van der Waals surface area contributed by atoms with Gasteiger partial charge in [0.05, 0.1) is 11.5 Å². The number of hydrogen-bond acceptors (Lipinski definition) is 6. The number of piperazine rings is 1. The van der Waals surface area contributed by atoms with Crippen LogP contribution in [0.4, 0.5) is 11.4 Å². The lowest BCUT2D eigenvalue weighted by Crippen LogP contribution is -2.49. The lowest BCUT2D eigenvalue weighted by Gasteiger charge is -2.35. The van der Waals surface area contributed by atoms with E-state index in [9.17, 15) is 19.7 Å². The van der Waals surface area contributed by atoms with Crippen LogP contribution in [0.25, 0.3) is 0 Å². The summed E-state index contributed by atoms with van der Waals surface area (Å²) in [5.41, 5.74) is 1.20. The van der Waals surface area contributed by atoms with E-state index in [0.29, 0.717) is 49.5 Å². The zero-order valence-electron chi connectivity index (χ0n) is 15.6. The second kappa shape index (κ2) is 8.62. The number of ketones is 1. The van der Waals surface area contributed by atoms with Crippen molar-refractivity contribution in [2.75, 3.05) is 44.7 Å². The maximum absolute atomic E-state index is 12.6. The second-order valence-corrected chi connectivity index (χ2v) is 6.59. The van der Waals surface area contributed by atoms with Crippen LogP contribution in [0, 0.1) is 10.1 Å². The minimum atomic E-state index is -0.450. The number of anilines is 1. The number of hydrogen-bond donors (Lipinski definition) is 1. The smallest absolute Gasteiger partial charge is 0.293 e. The fraction of sp³-hybridized carbons (Fsp3) is 0.300. The van der Waals surface area contributed by atoms with Crippen molar-refractivity contribution in [2.45, 2.75) is 0 Å². The van der Waals surface area contributed by atoms with E-state index in [0.717, 1.165) is 0 Å². The average molecular weight is 382 g/mol. The summed E-state index contributed by atoms with van der Waals surface area (Å²) in [5, 5.41) is 14.2. The lowest BCUT2D eigenvalue weighted by atomic mass is 10.0. The number of nitro groups is 1. The summed E-state index contributed by atoms with van der Waals surface area (Å²) in [6.07, 6.45) is 0. The number of likely N-dealkylation sites (N-methyl/N-ethyl adjacent to an activating group) is 1. The third-order valence-corrected chi connectivity index (χ3v) is 4.83. The molecule has 0 radical (unpaired) electrons. The maximum Gasteiger partial charge on any atom is 0.293 e. The van der Waals surface area contributed by atoms with Gasteiger partial charge < -0.3 is 10.2 Å². The Labute approximate surface area is 162 Å². The maximum atomic E-state index is 12.6. The molecule has 8 heteroatoms. The zero-order valence-corrected chi connectivity index (χ0v) is 15.6. The van der Waals surface area contributed by atoms with Crippen molar-refractivity contribution in [1.29, 1.82) is 0 Å². The van der Waals surface area contributed by atoms with Gasteiger partial charge in [0.1, 0.15) is 5.69 Å². The van der Waals surface area contributed by atoms with Crippen LogP contribution < -0.4 is 10.2 Å². The number of nitro benzene ring substituents is 1. The molecule has 0 aromatic heterocycles. The molecule has 1 amide bonds. The van der Waals surface area contributed by atoms with E-state index in [1.165, 1.54) is 6.07 Å². The number of rotatable bonds is 6. The first kappa shape index (κ1) is 19.5. The topological polar surface area (TPSA) is 95.8 Å². The van der Waals surface area contributed by atoms with Crippen LogP contribution in [0.3, 0.4) is 0 Å². The molecule has 0 unspecified atom stereocenters. The number of nitrogens with zero attached hydrogens (tertiary/aromatic N) is 3. The molecule has 1 aliphatic heterocycles. The Morgan fingerprint density at radius 2 is 1.71 bits per heavy atom. The molecule has 146 valence electrons. The van der Waals surface area contributed by atoms with E-state index < -0.39 is 4.92 Å². The highest BCUT2D eigenvalue weighted by atomic mass is 16.6. The van der Waals surface area contributed by atoms with Gasteiger partial charge in [-0.1, -0.05) is 30.3 Å². The summed E-state index contributed by atoms with van der Waals surface area (Å²) < 4.78 is 0. The minimum Gasteiger partial charge on any atom is -0.363 e. The molecule has 28 heavy (non-hydrogen) atoms. The lowest BCUT2D eigenvalue weighted by molar-refractivity contribution is -0.384. The molecule has 0 spiro atoms. The molecular formula is C20H22N4O4. The molecule has 1 heterocycles. The molecular weight excluding hydrogens is 360 g/mol. The molecule has 1 saturated heterocycles. The van der Waals surface area contributed by atoms with Gasteiger partial charge in [-0.2, -0.15) is 0 Å². The quantitative estimate of drug-likeness (QED) is 0.464. The largest absolute Gasteiger partial charge is 0.363 e. The van der Waals surface area contributed by atoms with Gasteiger partial charge in [0.15, 0.2) is 5.78 Å². The molecule has 2 aromatic carbocycles. The summed E-state index contributed by atoms with van der Waals surface area (Å²) >= 11 is 0. The van der Waals surface area contributed by atoms with Gasteiger partial charge in [-0.3, -0.25) is 24.6 Å².